The molecule has 1 N–H and O–H groups in total. The molecule has 0 aliphatic heterocycles. The Bertz CT molecular complexity index is 335. The van der Waals surface area contributed by atoms with Crippen LogP contribution in [-0.4, -0.2) is 5.91 Å². The third-order valence-electron chi connectivity index (χ3n) is 3.58. The second-order valence-corrected chi connectivity index (χ2v) is 6.27. The van der Waals surface area contributed by atoms with E-state index in [1.165, 1.54) is 56.9 Å². The monoisotopic (exact) mass is 295 g/mol. The van der Waals surface area contributed by atoms with Crippen molar-refractivity contribution in [3.8, 4) is 0 Å². The van der Waals surface area contributed by atoms with Crippen LogP contribution < -0.4 is 5.32 Å². The molecule has 1 aromatic heterocycles. The molecular weight excluding hydrogens is 266 g/mol. The molecule has 3 heteroatoms. The van der Waals surface area contributed by atoms with E-state index in [0.29, 0.717) is 13.0 Å². The maximum atomic E-state index is 11.6. The average molecular weight is 295 g/mol. The molecule has 2 nitrogen and oxygen atoms in total. The van der Waals surface area contributed by atoms with Gasteiger partial charge in [-0.15, -0.1) is 0 Å². The van der Waals surface area contributed by atoms with E-state index in [9.17, 15) is 4.79 Å². The summed E-state index contributed by atoms with van der Waals surface area (Å²) < 4.78 is 0. The highest BCUT2D eigenvalue weighted by Crippen LogP contribution is 2.10. The molecule has 0 aliphatic rings. The minimum atomic E-state index is 0.194. The maximum absolute atomic E-state index is 11.6. The predicted molar refractivity (Wildman–Crippen MR) is 88.0 cm³/mol. The Morgan fingerprint density at radius 3 is 2.30 bits per heavy atom. The SMILES string of the molecule is CCCCCCCCCCCC(=O)NCc1ccsc1. The van der Waals surface area contributed by atoms with Crippen LogP contribution in [0.5, 0.6) is 0 Å². The van der Waals surface area contributed by atoms with Crippen LogP contribution in [0.1, 0.15) is 76.7 Å². The molecule has 0 atom stereocenters. The molecule has 114 valence electrons. The van der Waals surface area contributed by atoms with Gasteiger partial charge in [-0.1, -0.05) is 58.3 Å². The average Bonchev–Trinajstić information content (AvgIpc) is 2.96. The Hall–Kier alpha value is -0.830. The van der Waals surface area contributed by atoms with E-state index in [-0.39, 0.29) is 5.91 Å². The zero-order valence-corrected chi connectivity index (χ0v) is 13.6. The van der Waals surface area contributed by atoms with Gasteiger partial charge in [0.25, 0.3) is 0 Å². The number of hydrogen-bond donors (Lipinski definition) is 1. The summed E-state index contributed by atoms with van der Waals surface area (Å²) in [5.74, 6) is 0.194. The summed E-state index contributed by atoms with van der Waals surface area (Å²) in [5.41, 5.74) is 1.20. The second kappa shape index (κ2) is 12.0. The van der Waals surface area contributed by atoms with Crippen molar-refractivity contribution >= 4 is 17.2 Å². The van der Waals surface area contributed by atoms with Crippen LogP contribution in [0.2, 0.25) is 0 Å². The Morgan fingerprint density at radius 1 is 1.05 bits per heavy atom. The van der Waals surface area contributed by atoms with Gasteiger partial charge in [0.2, 0.25) is 5.91 Å². The van der Waals surface area contributed by atoms with Gasteiger partial charge in [0.15, 0.2) is 0 Å². The first-order valence-corrected chi connectivity index (χ1v) is 9.05. The molecule has 0 radical (unpaired) electrons. The topological polar surface area (TPSA) is 29.1 Å². The lowest BCUT2D eigenvalue weighted by atomic mass is 10.1. The number of rotatable bonds is 12. The van der Waals surface area contributed by atoms with Gasteiger partial charge in [-0.2, -0.15) is 11.3 Å². The van der Waals surface area contributed by atoms with Crippen LogP contribution >= 0.6 is 11.3 Å². The smallest absolute Gasteiger partial charge is 0.220 e. The molecule has 1 rings (SSSR count). The van der Waals surface area contributed by atoms with Crippen molar-refractivity contribution in [2.45, 2.75) is 77.7 Å². The van der Waals surface area contributed by atoms with Crippen molar-refractivity contribution in [1.82, 2.24) is 5.32 Å². The molecule has 0 aliphatic carbocycles. The van der Waals surface area contributed by atoms with Crippen LogP contribution in [0.25, 0.3) is 0 Å². The van der Waals surface area contributed by atoms with Crippen molar-refractivity contribution in [3.63, 3.8) is 0 Å². The number of thiophene rings is 1. The minimum absolute atomic E-state index is 0.194. The minimum Gasteiger partial charge on any atom is -0.352 e. The molecule has 0 bridgehead atoms. The quantitative estimate of drug-likeness (QED) is 0.522. The third kappa shape index (κ3) is 9.13. The Kier molecular flexibility index (Phi) is 10.3. The summed E-state index contributed by atoms with van der Waals surface area (Å²) in [4.78, 5) is 11.6. The largest absolute Gasteiger partial charge is 0.352 e. The van der Waals surface area contributed by atoms with Gasteiger partial charge in [0, 0.05) is 13.0 Å². The molecule has 1 amide bonds. The van der Waals surface area contributed by atoms with Crippen LogP contribution in [0, 0.1) is 0 Å². The van der Waals surface area contributed by atoms with Gasteiger partial charge >= 0.3 is 0 Å². The summed E-state index contributed by atoms with van der Waals surface area (Å²) in [5, 5.41) is 7.10. The molecule has 0 saturated carbocycles. The zero-order valence-electron chi connectivity index (χ0n) is 12.8. The highest BCUT2D eigenvalue weighted by atomic mass is 32.1. The fourth-order valence-electron chi connectivity index (χ4n) is 2.28. The summed E-state index contributed by atoms with van der Waals surface area (Å²) in [6.07, 6.45) is 12.4. The van der Waals surface area contributed by atoms with Crippen LogP contribution in [0.15, 0.2) is 16.8 Å². The highest BCUT2D eigenvalue weighted by Gasteiger charge is 2.01. The molecule has 1 aromatic rings. The van der Waals surface area contributed by atoms with Crippen molar-refractivity contribution < 1.29 is 4.79 Å². The third-order valence-corrected chi connectivity index (χ3v) is 4.31. The molecular formula is C17H29NOS. The molecule has 20 heavy (non-hydrogen) atoms. The Labute approximate surface area is 128 Å². The summed E-state index contributed by atoms with van der Waals surface area (Å²) in [6.45, 7) is 2.93. The van der Waals surface area contributed by atoms with Gasteiger partial charge in [0.1, 0.15) is 0 Å². The van der Waals surface area contributed by atoms with Crippen LogP contribution in [0.3, 0.4) is 0 Å². The van der Waals surface area contributed by atoms with Crippen molar-refractivity contribution in [1.29, 1.82) is 0 Å². The van der Waals surface area contributed by atoms with Gasteiger partial charge in [-0.3, -0.25) is 4.79 Å². The van der Waals surface area contributed by atoms with E-state index in [4.69, 9.17) is 0 Å². The number of unbranched alkanes of at least 4 members (excludes halogenated alkanes) is 8. The fourth-order valence-corrected chi connectivity index (χ4v) is 2.95. The first-order chi connectivity index (χ1) is 9.83. The van der Waals surface area contributed by atoms with E-state index in [2.05, 4.69) is 23.7 Å². The van der Waals surface area contributed by atoms with Gasteiger partial charge in [-0.05, 0) is 28.8 Å². The van der Waals surface area contributed by atoms with Crippen molar-refractivity contribution in [3.05, 3.63) is 22.4 Å². The maximum Gasteiger partial charge on any atom is 0.220 e. The summed E-state index contributed by atoms with van der Waals surface area (Å²) in [6, 6.07) is 2.06. The number of carbonyl (C=O) groups excluding carboxylic acids is 1. The van der Waals surface area contributed by atoms with E-state index in [1.54, 1.807) is 11.3 Å². The lowest BCUT2D eigenvalue weighted by Gasteiger charge is -2.04. The molecule has 0 fully saturated rings. The number of amides is 1. The zero-order chi connectivity index (χ0) is 14.5. The van der Waals surface area contributed by atoms with E-state index in [0.717, 1.165) is 6.42 Å². The van der Waals surface area contributed by atoms with E-state index >= 15 is 0 Å². The lowest BCUT2D eigenvalue weighted by molar-refractivity contribution is -0.121. The Morgan fingerprint density at radius 2 is 1.70 bits per heavy atom. The lowest BCUT2D eigenvalue weighted by Crippen LogP contribution is -2.21. The number of hydrogen-bond acceptors (Lipinski definition) is 2. The van der Waals surface area contributed by atoms with E-state index in [1.807, 2.05) is 5.38 Å². The number of carbonyl (C=O) groups is 1. The van der Waals surface area contributed by atoms with E-state index < -0.39 is 0 Å². The molecule has 1 heterocycles. The second-order valence-electron chi connectivity index (χ2n) is 5.49. The van der Waals surface area contributed by atoms with Gasteiger partial charge in [-0.25, -0.2) is 0 Å². The molecule has 0 unspecified atom stereocenters. The summed E-state index contributed by atoms with van der Waals surface area (Å²) >= 11 is 1.67. The fraction of sp³-hybridized carbons (Fsp3) is 0.706. The van der Waals surface area contributed by atoms with Crippen molar-refractivity contribution in [2.24, 2.45) is 0 Å². The Balaban J connectivity index is 1.84. The summed E-state index contributed by atoms with van der Waals surface area (Å²) in [7, 11) is 0. The highest BCUT2D eigenvalue weighted by molar-refractivity contribution is 7.07. The normalized spacial score (nSPS) is 10.7. The standard InChI is InChI=1S/C17H29NOS/c1-2-3-4-5-6-7-8-9-10-11-17(19)18-14-16-12-13-20-15-16/h12-13,15H,2-11,14H2,1H3,(H,18,19). The predicted octanol–water partition coefficient (Wildman–Crippen LogP) is 5.29. The molecule has 0 saturated heterocycles. The van der Waals surface area contributed by atoms with Crippen molar-refractivity contribution in [2.75, 3.05) is 0 Å². The molecule has 0 spiro atoms. The van der Waals surface area contributed by atoms with Gasteiger partial charge in [0.05, 0.1) is 0 Å². The van der Waals surface area contributed by atoms with Gasteiger partial charge < -0.3 is 5.32 Å². The van der Waals surface area contributed by atoms with Crippen LogP contribution in [-0.2, 0) is 11.3 Å². The number of nitrogens with one attached hydrogen (secondary N) is 1. The van der Waals surface area contributed by atoms with Crippen LogP contribution in [0.4, 0.5) is 0 Å². The molecule has 0 aromatic carbocycles. The first-order valence-electron chi connectivity index (χ1n) is 8.10. The first kappa shape index (κ1) is 17.2.